The Morgan fingerprint density at radius 3 is 2.52 bits per heavy atom. The summed E-state index contributed by atoms with van der Waals surface area (Å²) in [4.78, 5) is 23.0. The van der Waals surface area contributed by atoms with Crippen LogP contribution < -0.4 is 20.5 Å². The number of amides is 2. The van der Waals surface area contributed by atoms with Gasteiger partial charge >= 0.3 is 0 Å². The van der Waals surface area contributed by atoms with Crippen molar-refractivity contribution in [1.82, 2.24) is 0 Å². The number of hydrogen-bond donors (Lipinski definition) is 2. The lowest BCUT2D eigenvalue weighted by atomic mass is 10.2. The van der Waals surface area contributed by atoms with Crippen LogP contribution in [-0.4, -0.2) is 25.5 Å². The number of carbonyl (C=O) groups is 2. The molecule has 0 aliphatic carbocycles. The van der Waals surface area contributed by atoms with E-state index in [4.69, 9.17) is 32.1 Å². The zero-order valence-corrected chi connectivity index (χ0v) is 14.0. The molecule has 2 aromatic carbocycles. The molecule has 2 amide bonds. The van der Waals surface area contributed by atoms with Crippen LogP contribution in [0.1, 0.15) is 15.9 Å². The highest BCUT2D eigenvalue weighted by Crippen LogP contribution is 2.36. The molecule has 0 aliphatic rings. The maximum atomic E-state index is 12.0. The molecule has 8 heteroatoms. The Morgan fingerprint density at radius 2 is 1.96 bits per heavy atom. The molecule has 0 saturated carbocycles. The molecule has 3 N–H and O–H groups in total. The lowest BCUT2D eigenvalue weighted by molar-refractivity contribution is -0.118. The first kappa shape index (κ1) is 18.1. The number of rotatable bonds is 6. The number of anilines is 1. The van der Waals surface area contributed by atoms with Crippen LogP contribution in [-0.2, 0) is 4.79 Å². The Kier molecular flexibility index (Phi) is 5.82. The first-order valence-corrected chi connectivity index (χ1v) is 7.42. The number of benzene rings is 2. The second kappa shape index (κ2) is 8.04. The Hall–Kier alpha value is -3.24. The molecule has 0 saturated heterocycles. The van der Waals surface area contributed by atoms with Gasteiger partial charge in [0.1, 0.15) is 0 Å². The van der Waals surface area contributed by atoms with Gasteiger partial charge in [0, 0.05) is 17.3 Å². The summed E-state index contributed by atoms with van der Waals surface area (Å²) in [5.41, 5.74) is 6.28. The van der Waals surface area contributed by atoms with E-state index < -0.39 is 11.8 Å². The molecule has 2 aromatic rings. The third kappa shape index (κ3) is 4.62. The first-order valence-electron chi connectivity index (χ1n) is 7.04. The summed E-state index contributed by atoms with van der Waals surface area (Å²) < 4.78 is 10.5. The number of hydrogen-bond acceptors (Lipinski definition) is 5. The van der Waals surface area contributed by atoms with E-state index in [-0.39, 0.29) is 23.1 Å². The first-order chi connectivity index (χ1) is 11.9. The van der Waals surface area contributed by atoms with Gasteiger partial charge in [-0.2, -0.15) is 5.26 Å². The summed E-state index contributed by atoms with van der Waals surface area (Å²) in [6.45, 7) is -0.320. The summed E-state index contributed by atoms with van der Waals surface area (Å²) >= 11 is 6.05. The van der Waals surface area contributed by atoms with Gasteiger partial charge in [-0.05, 0) is 30.3 Å². The van der Waals surface area contributed by atoms with Crippen molar-refractivity contribution >= 4 is 29.1 Å². The highest BCUT2D eigenvalue weighted by molar-refractivity contribution is 6.32. The van der Waals surface area contributed by atoms with Gasteiger partial charge in [-0.3, -0.25) is 9.59 Å². The van der Waals surface area contributed by atoms with E-state index in [1.807, 2.05) is 6.07 Å². The normalized spacial score (nSPS) is 9.80. The monoisotopic (exact) mass is 359 g/mol. The van der Waals surface area contributed by atoms with Gasteiger partial charge in [0.2, 0.25) is 5.91 Å². The zero-order chi connectivity index (χ0) is 18.4. The van der Waals surface area contributed by atoms with Gasteiger partial charge in [0.25, 0.3) is 5.91 Å². The summed E-state index contributed by atoms with van der Waals surface area (Å²) in [6.07, 6.45) is 0. The van der Waals surface area contributed by atoms with E-state index in [0.29, 0.717) is 16.8 Å². The lowest BCUT2D eigenvalue weighted by Gasteiger charge is -2.13. The van der Waals surface area contributed by atoms with Crippen LogP contribution in [0.25, 0.3) is 0 Å². The van der Waals surface area contributed by atoms with Crippen molar-refractivity contribution in [2.24, 2.45) is 5.73 Å². The minimum absolute atomic E-state index is 0.162. The molecular formula is C17H14ClN3O4. The van der Waals surface area contributed by atoms with Gasteiger partial charge in [-0.15, -0.1) is 0 Å². The highest BCUT2D eigenvalue weighted by Gasteiger charge is 2.14. The predicted molar refractivity (Wildman–Crippen MR) is 91.8 cm³/mol. The topological polar surface area (TPSA) is 114 Å². The third-order valence-corrected chi connectivity index (χ3v) is 3.44. The summed E-state index contributed by atoms with van der Waals surface area (Å²) in [5, 5.41) is 11.7. The van der Waals surface area contributed by atoms with Crippen molar-refractivity contribution in [2.75, 3.05) is 19.0 Å². The smallest absolute Gasteiger partial charge is 0.262 e. The molecule has 0 unspecified atom stereocenters. The fourth-order valence-corrected chi connectivity index (χ4v) is 2.24. The van der Waals surface area contributed by atoms with Crippen LogP contribution in [0.3, 0.4) is 0 Å². The molecule has 128 valence electrons. The molecule has 0 heterocycles. The number of nitrogens with two attached hydrogens (primary N) is 1. The van der Waals surface area contributed by atoms with Gasteiger partial charge < -0.3 is 20.5 Å². The Balaban J connectivity index is 2.03. The van der Waals surface area contributed by atoms with E-state index >= 15 is 0 Å². The van der Waals surface area contributed by atoms with E-state index in [9.17, 15) is 9.59 Å². The number of carbonyl (C=O) groups excluding carboxylic acids is 2. The highest BCUT2D eigenvalue weighted by atomic mass is 35.5. The third-order valence-electron chi connectivity index (χ3n) is 3.16. The van der Waals surface area contributed by atoms with Crippen molar-refractivity contribution in [3.8, 4) is 17.6 Å². The molecule has 0 fully saturated rings. The fourth-order valence-electron chi connectivity index (χ4n) is 1.98. The van der Waals surface area contributed by atoms with E-state index in [1.165, 1.54) is 31.4 Å². The van der Waals surface area contributed by atoms with Crippen LogP contribution in [0.15, 0.2) is 36.4 Å². The Labute approximate surface area is 148 Å². The average molecular weight is 360 g/mol. The Bertz CT molecular complexity index is 844. The molecule has 25 heavy (non-hydrogen) atoms. The second-order valence-electron chi connectivity index (χ2n) is 4.88. The number of nitrogens with one attached hydrogen (secondary N) is 1. The van der Waals surface area contributed by atoms with E-state index in [0.717, 1.165) is 0 Å². The molecule has 0 atom stereocenters. The molecule has 0 bridgehead atoms. The fraction of sp³-hybridized carbons (Fsp3) is 0.118. The van der Waals surface area contributed by atoms with Crippen LogP contribution in [0.5, 0.6) is 11.5 Å². The number of halogens is 1. The van der Waals surface area contributed by atoms with Gasteiger partial charge in [0.15, 0.2) is 18.1 Å². The number of ether oxygens (including phenoxy) is 2. The van der Waals surface area contributed by atoms with Crippen LogP contribution in [0.2, 0.25) is 5.02 Å². The minimum Gasteiger partial charge on any atom is -0.493 e. The van der Waals surface area contributed by atoms with Crippen molar-refractivity contribution in [3.63, 3.8) is 0 Å². The van der Waals surface area contributed by atoms with Crippen LogP contribution in [0, 0.1) is 11.3 Å². The molecule has 7 nitrogen and oxygen atoms in total. The van der Waals surface area contributed by atoms with Crippen molar-refractivity contribution in [2.45, 2.75) is 0 Å². The number of nitrogens with zero attached hydrogens (tertiary/aromatic N) is 1. The summed E-state index contributed by atoms with van der Waals surface area (Å²) in [7, 11) is 1.40. The van der Waals surface area contributed by atoms with Gasteiger partial charge in [0.05, 0.1) is 23.8 Å². The lowest BCUT2D eigenvalue weighted by Crippen LogP contribution is -2.20. The molecular weight excluding hydrogens is 346 g/mol. The minimum atomic E-state index is -0.552. The van der Waals surface area contributed by atoms with Crippen LogP contribution in [0.4, 0.5) is 5.69 Å². The zero-order valence-electron chi connectivity index (χ0n) is 13.2. The molecule has 0 aromatic heterocycles. The Morgan fingerprint density at radius 1 is 1.28 bits per heavy atom. The number of primary amides is 1. The summed E-state index contributed by atoms with van der Waals surface area (Å²) in [5.74, 6) is -0.567. The predicted octanol–water partition coefficient (Wildman–Crippen LogP) is 2.34. The van der Waals surface area contributed by atoms with Gasteiger partial charge in [-0.1, -0.05) is 11.6 Å². The second-order valence-corrected chi connectivity index (χ2v) is 5.29. The standard InChI is InChI=1S/C17H14ClN3O4/c1-24-14-7-10(8-19)6-13(18)16(14)25-9-15(22)21-12-4-2-11(3-5-12)17(20)23/h2-7H,9H2,1H3,(H2,20,23)(H,21,22). The number of nitriles is 1. The van der Waals surface area contributed by atoms with Crippen LogP contribution >= 0.6 is 11.6 Å². The number of methoxy groups -OCH3 is 1. The molecule has 2 rings (SSSR count). The maximum absolute atomic E-state index is 12.0. The van der Waals surface area contributed by atoms with Crippen molar-refractivity contribution in [3.05, 3.63) is 52.5 Å². The molecule has 0 radical (unpaired) electrons. The largest absolute Gasteiger partial charge is 0.493 e. The maximum Gasteiger partial charge on any atom is 0.262 e. The van der Waals surface area contributed by atoms with Crippen molar-refractivity contribution < 1.29 is 19.1 Å². The van der Waals surface area contributed by atoms with Gasteiger partial charge in [-0.25, -0.2) is 0 Å². The van der Waals surface area contributed by atoms with E-state index in [1.54, 1.807) is 12.1 Å². The van der Waals surface area contributed by atoms with E-state index in [2.05, 4.69) is 5.32 Å². The average Bonchev–Trinajstić information content (AvgIpc) is 2.60. The quantitative estimate of drug-likeness (QED) is 0.821. The SMILES string of the molecule is COc1cc(C#N)cc(Cl)c1OCC(=O)Nc1ccc(C(N)=O)cc1. The van der Waals surface area contributed by atoms with Crippen molar-refractivity contribution in [1.29, 1.82) is 5.26 Å². The molecule has 0 spiro atoms. The summed E-state index contributed by atoms with van der Waals surface area (Å²) in [6, 6.07) is 10.9. The molecule has 0 aliphatic heterocycles.